The number of para-hydroxylation sites is 1. The molecule has 0 fully saturated rings. The molecule has 1 aromatic heterocycles. The van der Waals surface area contributed by atoms with E-state index in [2.05, 4.69) is 5.32 Å². The molecule has 3 rings (SSSR count). The topological polar surface area (TPSA) is 51.1 Å². The van der Waals surface area contributed by atoms with E-state index in [1.165, 1.54) is 0 Å². The first-order valence-corrected chi connectivity index (χ1v) is 8.93. The zero-order chi connectivity index (χ0) is 18.8. The van der Waals surface area contributed by atoms with E-state index in [1.807, 2.05) is 55.7 Å². The highest BCUT2D eigenvalue weighted by atomic mass is 35.5. The number of rotatable bonds is 5. The van der Waals surface area contributed by atoms with E-state index in [9.17, 15) is 9.59 Å². The number of fused-ring (bicyclic) bond motifs is 1. The number of carbonyl (C=O) groups is 2. The number of benzene rings is 2. The van der Waals surface area contributed by atoms with E-state index in [0.717, 1.165) is 16.5 Å². The molecule has 0 atom stereocenters. The third-order valence-corrected chi connectivity index (χ3v) is 4.84. The number of nitrogens with one attached hydrogen (secondary N) is 1. The molecule has 134 valence electrons. The van der Waals surface area contributed by atoms with E-state index in [0.29, 0.717) is 16.3 Å². The van der Waals surface area contributed by atoms with Crippen LogP contribution in [0, 0.1) is 12.8 Å². The van der Waals surface area contributed by atoms with Crippen LogP contribution in [-0.4, -0.2) is 16.3 Å². The van der Waals surface area contributed by atoms with Gasteiger partial charge in [0.1, 0.15) is 6.54 Å². The van der Waals surface area contributed by atoms with Gasteiger partial charge in [0, 0.05) is 39.3 Å². The van der Waals surface area contributed by atoms with Crippen molar-refractivity contribution in [3.8, 4) is 0 Å². The maximum absolute atomic E-state index is 12.5. The molecule has 0 unspecified atom stereocenters. The van der Waals surface area contributed by atoms with E-state index < -0.39 is 0 Å². The summed E-state index contributed by atoms with van der Waals surface area (Å²) in [6.07, 6.45) is 1.78. The van der Waals surface area contributed by atoms with Crippen LogP contribution in [0.15, 0.2) is 48.7 Å². The number of carbonyl (C=O) groups excluding carboxylic acids is 2. The molecule has 4 nitrogen and oxygen atoms in total. The minimum atomic E-state index is -0.167. The van der Waals surface area contributed by atoms with Crippen molar-refractivity contribution in [3.05, 3.63) is 64.8 Å². The number of halogens is 1. The second-order valence-corrected chi connectivity index (χ2v) is 7.07. The molecule has 26 heavy (non-hydrogen) atoms. The predicted octanol–water partition coefficient (Wildman–Crippen LogP) is 5.08. The third kappa shape index (κ3) is 3.51. The van der Waals surface area contributed by atoms with Crippen LogP contribution in [0.3, 0.4) is 0 Å². The lowest BCUT2D eigenvalue weighted by Gasteiger charge is -2.10. The van der Waals surface area contributed by atoms with Gasteiger partial charge in [0.2, 0.25) is 5.91 Å². The second-order valence-electron chi connectivity index (χ2n) is 6.67. The predicted molar refractivity (Wildman–Crippen MR) is 106 cm³/mol. The fourth-order valence-electron chi connectivity index (χ4n) is 2.97. The van der Waals surface area contributed by atoms with Crippen molar-refractivity contribution in [2.45, 2.75) is 27.3 Å². The quantitative estimate of drug-likeness (QED) is 0.638. The first kappa shape index (κ1) is 18.2. The number of nitrogens with zero attached hydrogens (tertiary/aromatic N) is 1. The summed E-state index contributed by atoms with van der Waals surface area (Å²) in [6.45, 7) is 5.74. The monoisotopic (exact) mass is 368 g/mol. The molecule has 1 N–H and O–H groups in total. The molecule has 5 heteroatoms. The Morgan fingerprint density at radius 1 is 1.12 bits per heavy atom. The van der Waals surface area contributed by atoms with Crippen molar-refractivity contribution in [2.24, 2.45) is 5.92 Å². The first-order chi connectivity index (χ1) is 12.4. The summed E-state index contributed by atoms with van der Waals surface area (Å²) < 4.78 is 1.82. The Hall–Kier alpha value is -2.59. The average molecular weight is 369 g/mol. The molecule has 1 heterocycles. The minimum Gasteiger partial charge on any atom is -0.337 e. The van der Waals surface area contributed by atoms with Crippen LogP contribution in [0.5, 0.6) is 0 Å². The summed E-state index contributed by atoms with van der Waals surface area (Å²) in [6, 6.07) is 13.1. The second kappa shape index (κ2) is 7.34. The van der Waals surface area contributed by atoms with Crippen molar-refractivity contribution in [3.63, 3.8) is 0 Å². The Bertz CT molecular complexity index is 989. The van der Waals surface area contributed by atoms with Crippen LogP contribution >= 0.6 is 11.6 Å². The van der Waals surface area contributed by atoms with Gasteiger partial charge in [0.05, 0.1) is 0 Å². The maximum atomic E-state index is 12.5. The lowest BCUT2D eigenvalue weighted by molar-refractivity contribution is -0.116. The summed E-state index contributed by atoms with van der Waals surface area (Å²) in [4.78, 5) is 25.0. The van der Waals surface area contributed by atoms with E-state index >= 15 is 0 Å². The zero-order valence-electron chi connectivity index (χ0n) is 15.0. The van der Waals surface area contributed by atoms with Crippen molar-refractivity contribution in [1.29, 1.82) is 0 Å². The van der Waals surface area contributed by atoms with E-state index in [1.54, 1.807) is 18.3 Å². The number of ketones is 1. The molecule has 0 aliphatic rings. The van der Waals surface area contributed by atoms with Crippen molar-refractivity contribution in [1.82, 2.24) is 4.57 Å². The molecule has 0 aliphatic carbocycles. The minimum absolute atomic E-state index is 0.0750. The Kier molecular flexibility index (Phi) is 5.14. The highest BCUT2D eigenvalue weighted by Crippen LogP contribution is 2.25. The van der Waals surface area contributed by atoms with Crippen molar-refractivity contribution < 1.29 is 9.59 Å². The van der Waals surface area contributed by atoms with E-state index in [4.69, 9.17) is 11.6 Å². The molecular weight excluding hydrogens is 348 g/mol. The number of hydrogen-bond acceptors (Lipinski definition) is 2. The van der Waals surface area contributed by atoms with Gasteiger partial charge >= 0.3 is 0 Å². The van der Waals surface area contributed by atoms with Gasteiger partial charge in [-0.25, -0.2) is 0 Å². The highest BCUT2D eigenvalue weighted by molar-refractivity contribution is 6.31. The van der Waals surface area contributed by atoms with Gasteiger partial charge in [-0.3, -0.25) is 9.59 Å². The highest BCUT2D eigenvalue weighted by Gasteiger charge is 2.18. The Morgan fingerprint density at radius 2 is 1.85 bits per heavy atom. The molecule has 3 aromatic rings. The largest absolute Gasteiger partial charge is 0.337 e. The molecule has 0 saturated heterocycles. The summed E-state index contributed by atoms with van der Waals surface area (Å²) in [7, 11) is 0. The molecule has 0 saturated carbocycles. The lowest BCUT2D eigenvalue weighted by Crippen LogP contribution is -2.19. The molecule has 2 aromatic carbocycles. The normalized spacial score (nSPS) is 11.1. The van der Waals surface area contributed by atoms with Gasteiger partial charge in [-0.2, -0.15) is 0 Å². The summed E-state index contributed by atoms with van der Waals surface area (Å²) in [5.41, 5.74) is 3.05. The van der Waals surface area contributed by atoms with Gasteiger partial charge in [-0.05, 0) is 30.7 Å². The van der Waals surface area contributed by atoms with Gasteiger partial charge in [0.25, 0.3) is 0 Å². The SMILES string of the molecule is Cc1c(Cl)cccc1NC(=O)Cn1cc(C(=O)C(C)C)c2ccccc21. The van der Waals surface area contributed by atoms with Crippen LogP contribution in [0.4, 0.5) is 5.69 Å². The van der Waals surface area contributed by atoms with E-state index in [-0.39, 0.29) is 24.2 Å². The van der Waals surface area contributed by atoms with Gasteiger partial charge in [0.15, 0.2) is 5.78 Å². The van der Waals surface area contributed by atoms with Gasteiger partial charge in [-0.1, -0.05) is 49.7 Å². The fourth-order valence-corrected chi connectivity index (χ4v) is 3.15. The molecule has 0 aliphatic heterocycles. The number of Topliss-reactive ketones (excluding diaryl/α,β-unsaturated/α-hetero) is 1. The molecule has 1 amide bonds. The lowest BCUT2D eigenvalue weighted by atomic mass is 10.0. The first-order valence-electron chi connectivity index (χ1n) is 8.55. The molecule has 0 bridgehead atoms. The smallest absolute Gasteiger partial charge is 0.244 e. The summed E-state index contributed by atoms with van der Waals surface area (Å²) in [5, 5.41) is 4.38. The Balaban J connectivity index is 1.90. The van der Waals surface area contributed by atoms with Gasteiger partial charge in [-0.15, -0.1) is 0 Å². The van der Waals surface area contributed by atoms with Gasteiger partial charge < -0.3 is 9.88 Å². The third-order valence-electron chi connectivity index (χ3n) is 4.43. The number of anilines is 1. The number of hydrogen-bond donors (Lipinski definition) is 1. The van der Waals surface area contributed by atoms with Crippen molar-refractivity contribution >= 4 is 39.9 Å². The van der Waals surface area contributed by atoms with Crippen LogP contribution in [-0.2, 0) is 11.3 Å². The summed E-state index contributed by atoms with van der Waals surface area (Å²) in [5.74, 6) is -0.192. The zero-order valence-corrected chi connectivity index (χ0v) is 15.8. The number of amides is 1. The number of aromatic nitrogens is 1. The summed E-state index contributed by atoms with van der Waals surface area (Å²) >= 11 is 6.11. The standard InChI is InChI=1S/C21H21ClN2O2/c1-13(2)21(26)16-11-24(19-10-5-4-7-15(16)19)12-20(25)23-18-9-6-8-17(22)14(18)3/h4-11,13H,12H2,1-3H3,(H,23,25). The molecular formula is C21H21ClN2O2. The Morgan fingerprint density at radius 3 is 2.58 bits per heavy atom. The van der Waals surface area contributed by atoms with Crippen LogP contribution in [0.1, 0.15) is 29.8 Å². The molecule has 0 spiro atoms. The fraction of sp³-hybridized carbons (Fsp3) is 0.238. The van der Waals surface area contributed by atoms with Crippen LogP contribution < -0.4 is 5.32 Å². The maximum Gasteiger partial charge on any atom is 0.244 e. The Labute approximate surface area is 157 Å². The van der Waals surface area contributed by atoms with Crippen LogP contribution in [0.25, 0.3) is 10.9 Å². The molecule has 0 radical (unpaired) electrons. The van der Waals surface area contributed by atoms with Crippen LogP contribution in [0.2, 0.25) is 5.02 Å². The average Bonchev–Trinajstić information content (AvgIpc) is 2.97. The van der Waals surface area contributed by atoms with Crippen molar-refractivity contribution in [2.75, 3.05) is 5.32 Å².